The van der Waals surface area contributed by atoms with Gasteiger partial charge in [-0.1, -0.05) is 6.92 Å². The second kappa shape index (κ2) is 5.49. The molecule has 0 amide bonds. The van der Waals surface area contributed by atoms with Crippen molar-refractivity contribution in [1.82, 2.24) is 14.8 Å². The zero-order chi connectivity index (χ0) is 10.4. The lowest BCUT2D eigenvalue weighted by atomic mass is 10.3. The fraction of sp³-hybridized carbons (Fsp3) is 0.667. The van der Waals surface area contributed by atoms with Gasteiger partial charge < -0.3 is 4.74 Å². The van der Waals surface area contributed by atoms with Crippen LogP contribution in [0.2, 0.25) is 0 Å². The quantitative estimate of drug-likeness (QED) is 0.617. The fourth-order valence-electron chi connectivity index (χ4n) is 1.04. The summed E-state index contributed by atoms with van der Waals surface area (Å²) in [5.41, 5.74) is 0. The minimum absolute atomic E-state index is 0.0366. The Morgan fingerprint density at radius 1 is 1.64 bits per heavy atom. The third-order valence-corrected chi connectivity index (χ3v) is 1.77. The van der Waals surface area contributed by atoms with Gasteiger partial charge in [0.15, 0.2) is 5.78 Å². The molecule has 0 aliphatic rings. The molecule has 0 aliphatic carbocycles. The first-order valence-corrected chi connectivity index (χ1v) is 4.66. The van der Waals surface area contributed by atoms with Crippen molar-refractivity contribution in [3.8, 4) is 0 Å². The first kappa shape index (κ1) is 10.8. The van der Waals surface area contributed by atoms with Crippen LogP contribution in [0.15, 0.2) is 6.33 Å². The van der Waals surface area contributed by atoms with Gasteiger partial charge in [-0.3, -0.25) is 9.48 Å². The molecule has 5 nitrogen and oxygen atoms in total. The average molecular weight is 197 g/mol. The van der Waals surface area contributed by atoms with Crippen LogP contribution in [-0.4, -0.2) is 33.8 Å². The molecule has 0 N–H and O–H groups in total. The van der Waals surface area contributed by atoms with Crippen molar-refractivity contribution in [3.05, 3.63) is 12.2 Å². The molecular weight excluding hydrogens is 182 g/mol. The molecule has 0 aliphatic heterocycles. The Labute approximate surface area is 83.1 Å². The van der Waals surface area contributed by atoms with Crippen LogP contribution < -0.4 is 0 Å². The smallest absolute Gasteiger partial charge is 0.166 e. The largest absolute Gasteiger partial charge is 0.374 e. The molecule has 78 valence electrons. The van der Waals surface area contributed by atoms with Gasteiger partial charge >= 0.3 is 0 Å². The minimum atomic E-state index is 0.0366. The summed E-state index contributed by atoms with van der Waals surface area (Å²) in [5, 5.41) is 3.88. The van der Waals surface area contributed by atoms with E-state index in [0.717, 1.165) is 6.42 Å². The highest BCUT2D eigenvalue weighted by Gasteiger charge is 2.07. The third kappa shape index (κ3) is 3.26. The number of ketones is 1. The second-order valence-electron chi connectivity index (χ2n) is 3.07. The molecule has 0 saturated carbocycles. The van der Waals surface area contributed by atoms with Crippen LogP contribution >= 0.6 is 0 Å². The highest BCUT2D eigenvalue weighted by atomic mass is 16.5. The summed E-state index contributed by atoms with van der Waals surface area (Å²) in [7, 11) is 1.77. The van der Waals surface area contributed by atoms with E-state index in [1.165, 1.54) is 6.33 Å². The van der Waals surface area contributed by atoms with Gasteiger partial charge in [-0.05, 0) is 6.42 Å². The summed E-state index contributed by atoms with van der Waals surface area (Å²) >= 11 is 0. The van der Waals surface area contributed by atoms with Gasteiger partial charge in [-0.25, -0.2) is 4.98 Å². The second-order valence-corrected chi connectivity index (χ2v) is 3.07. The van der Waals surface area contributed by atoms with E-state index in [9.17, 15) is 4.79 Å². The fourth-order valence-corrected chi connectivity index (χ4v) is 1.04. The first-order valence-electron chi connectivity index (χ1n) is 4.66. The van der Waals surface area contributed by atoms with Crippen LogP contribution in [0.3, 0.4) is 0 Å². The molecule has 0 radical (unpaired) electrons. The minimum Gasteiger partial charge on any atom is -0.374 e. The highest BCUT2D eigenvalue weighted by Crippen LogP contribution is 1.94. The van der Waals surface area contributed by atoms with E-state index in [1.807, 2.05) is 6.92 Å². The van der Waals surface area contributed by atoms with Crippen molar-refractivity contribution in [2.24, 2.45) is 7.05 Å². The van der Waals surface area contributed by atoms with Crippen molar-refractivity contribution < 1.29 is 9.53 Å². The van der Waals surface area contributed by atoms with E-state index in [1.54, 1.807) is 11.7 Å². The van der Waals surface area contributed by atoms with Crippen LogP contribution in [0.25, 0.3) is 0 Å². The van der Waals surface area contributed by atoms with Crippen LogP contribution in [0.4, 0.5) is 0 Å². The van der Waals surface area contributed by atoms with E-state index in [0.29, 0.717) is 18.9 Å². The van der Waals surface area contributed by atoms with Crippen LogP contribution in [0.5, 0.6) is 0 Å². The summed E-state index contributed by atoms with van der Waals surface area (Å²) in [5.74, 6) is 0.713. The van der Waals surface area contributed by atoms with E-state index in [4.69, 9.17) is 4.74 Å². The third-order valence-electron chi connectivity index (χ3n) is 1.77. The number of nitrogens with zero attached hydrogens (tertiary/aromatic N) is 3. The Kier molecular flexibility index (Phi) is 4.25. The van der Waals surface area contributed by atoms with Gasteiger partial charge in [0, 0.05) is 13.7 Å². The van der Waals surface area contributed by atoms with E-state index < -0.39 is 0 Å². The number of aromatic nitrogens is 3. The zero-order valence-electron chi connectivity index (χ0n) is 8.56. The first-order chi connectivity index (χ1) is 6.74. The van der Waals surface area contributed by atoms with Gasteiger partial charge in [-0.15, -0.1) is 0 Å². The summed E-state index contributed by atoms with van der Waals surface area (Å²) in [6.45, 7) is 2.80. The van der Waals surface area contributed by atoms with E-state index >= 15 is 0 Å². The Bertz CT molecular complexity index is 296. The van der Waals surface area contributed by atoms with Crippen LogP contribution in [0, 0.1) is 0 Å². The lowest BCUT2D eigenvalue weighted by Crippen LogP contribution is -2.14. The molecule has 0 spiro atoms. The Hall–Kier alpha value is -1.23. The maximum absolute atomic E-state index is 11.3. The van der Waals surface area contributed by atoms with Gasteiger partial charge in [0.25, 0.3) is 0 Å². The number of aryl methyl sites for hydroxylation is 1. The molecule has 0 bridgehead atoms. The summed E-state index contributed by atoms with van der Waals surface area (Å²) in [6.07, 6.45) is 2.66. The Morgan fingerprint density at radius 3 is 3.00 bits per heavy atom. The van der Waals surface area contributed by atoms with E-state index in [2.05, 4.69) is 10.1 Å². The Morgan fingerprint density at radius 2 is 2.43 bits per heavy atom. The summed E-state index contributed by atoms with van der Waals surface area (Å²) in [4.78, 5) is 15.3. The molecule has 1 aromatic heterocycles. The molecule has 1 rings (SSSR count). The maximum Gasteiger partial charge on any atom is 0.166 e. The van der Waals surface area contributed by atoms with Crippen molar-refractivity contribution in [2.45, 2.75) is 19.8 Å². The topological polar surface area (TPSA) is 57.0 Å². The number of hydrogen-bond acceptors (Lipinski definition) is 4. The molecule has 0 atom stereocenters. The number of ether oxygens (including phenoxy) is 1. The molecule has 0 saturated heterocycles. The predicted molar refractivity (Wildman–Crippen MR) is 50.8 cm³/mol. The number of carbonyl (C=O) groups is 1. The number of carbonyl (C=O) groups excluding carboxylic acids is 1. The lowest BCUT2D eigenvalue weighted by molar-refractivity contribution is -0.123. The molecule has 0 fully saturated rings. The van der Waals surface area contributed by atoms with Gasteiger partial charge in [-0.2, -0.15) is 5.10 Å². The molecular formula is C9H15N3O2. The average Bonchev–Trinajstić information content (AvgIpc) is 2.52. The van der Waals surface area contributed by atoms with Gasteiger partial charge in [0.1, 0.15) is 18.8 Å². The van der Waals surface area contributed by atoms with Crippen LogP contribution in [-0.2, 0) is 23.0 Å². The standard InChI is InChI=1S/C9H15N3O2/c1-3-4-14-6-8(13)5-9-10-7-11-12(9)2/h7H,3-6H2,1-2H3. The normalized spacial score (nSPS) is 10.4. The molecule has 5 heteroatoms. The predicted octanol–water partition coefficient (Wildman–Crippen LogP) is 0.353. The number of Topliss-reactive ketones (excluding diaryl/α,β-unsaturated/α-hetero) is 1. The number of hydrogen-bond donors (Lipinski definition) is 0. The van der Waals surface area contributed by atoms with Crippen LogP contribution in [0.1, 0.15) is 19.2 Å². The highest BCUT2D eigenvalue weighted by molar-refractivity contribution is 5.81. The molecule has 0 aromatic carbocycles. The van der Waals surface area contributed by atoms with Gasteiger partial charge in [0.05, 0.1) is 6.42 Å². The molecule has 1 heterocycles. The van der Waals surface area contributed by atoms with Gasteiger partial charge in [0.2, 0.25) is 0 Å². The molecule has 14 heavy (non-hydrogen) atoms. The molecule has 1 aromatic rings. The molecule has 0 unspecified atom stereocenters. The lowest BCUT2D eigenvalue weighted by Gasteiger charge is -2.01. The van der Waals surface area contributed by atoms with Crippen molar-refractivity contribution >= 4 is 5.78 Å². The number of rotatable bonds is 6. The van der Waals surface area contributed by atoms with E-state index in [-0.39, 0.29) is 12.4 Å². The monoisotopic (exact) mass is 197 g/mol. The zero-order valence-corrected chi connectivity index (χ0v) is 8.56. The van der Waals surface area contributed by atoms with Crippen molar-refractivity contribution in [3.63, 3.8) is 0 Å². The SMILES string of the molecule is CCCOCC(=O)Cc1ncnn1C. The van der Waals surface area contributed by atoms with Crippen molar-refractivity contribution in [1.29, 1.82) is 0 Å². The maximum atomic E-state index is 11.3. The summed E-state index contributed by atoms with van der Waals surface area (Å²) < 4.78 is 6.72. The Balaban J connectivity index is 2.31. The van der Waals surface area contributed by atoms with Crippen molar-refractivity contribution in [2.75, 3.05) is 13.2 Å². The summed E-state index contributed by atoms with van der Waals surface area (Å²) in [6, 6.07) is 0.